The van der Waals surface area contributed by atoms with Gasteiger partial charge in [0.15, 0.2) is 0 Å². The molecule has 0 aliphatic carbocycles. The van der Waals surface area contributed by atoms with Crippen LogP contribution in [0.2, 0.25) is 0 Å². The number of benzene rings is 1. The SMILES string of the molecule is COc1ccc(NCc2ccc(CO)o2)cc1C. The number of hydrogen-bond donors (Lipinski definition) is 2. The van der Waals surface area contributed by atoms with Crippen LogP contribution in [0.1, 0.15) is 17.1 Å². The van der Waals surface area contributed by atoms with Gasteiger partial charge in [0.1, 0.15) is 23.9 Å². The first-order valence-corrected chi connectivity index (χ1v) is 5.80. The monoisotopic (exact) mass is 247 g/mol. The van der Waals surface area contributed by atoms with Gasteiger partial charge in [-0.15, -0.1) is 0 Å². The molecular weight excluding hydrogens is 230 g/mol. The van der Waals surface area contributed by atoms with Gasteiger partial charge in [-0.25, -0.2) is 0 Å². The van der Waals surface area contributed by atoms with Crippen molar-refractivity contribution in [2.75, 3.05) is 12.4 Å². The number of hydrogen-bond acceptors (Lipinski definition) is 4. The molecule has 0 spiro atoms. The smallest absolute Gasteiger partial charge is 0.129 e. The minimum Gasteiger partial charge on any atom is -0.496 e. The normalized spacial score (nSPS) is 10.4. The molecule has 18 heavy (non-hydrogen) atoms. The van der Waals surface area contributed by atoms with E-state index in [0.29, 0.717) is 12.3 Å². The van der Waals surface area contributed by atoms with E-state index in [0.717, 1.165) is 22.8 Å². The highest BCUT2D eigenvalue weighted by atomic mass is 16.5. The Morgan fingerprint density at radius 2 is 2.00 bits per heavy atom. The van der Waals surface area contributed by atoms with E-state index in [-0.39, 0.29) is 6.61 Å². The van der Waals surface area contributed by atoms with Crippen molar-refractivity contribution >= 4 is 5.69 Å². The van der Waals surface area contributed by atoms with E-state index in [1.165, 1.54) is 0 Å². The van der Waals surface area contributed by atoms with Crippen LogP contribution in [-0.2, 0) is 13.2 Å². The molecule has 4 heteroatoms. The zero-order valence-electron chi connectivity index (χ0n) is 10.6. The highest BCUT2D eigenvalue weighted by molar-refractivity contribution is 5.50. The number of nitrogens with one attached hydrogen (secondary N) is 1. The summed E-state index contributed by atoms with van der Waals surface area (Å²) in [4.78, 5) is 0. The number of furan rings is 1. The maximum atomic E-state index is 8.90. The Kier molecular flexibility index (Phi) is 3.89. The van der Waals surface area contributed by atoms with Crippen molar-refractivity contribution in [1.82, 2.24) is 0 Å². The van der Waals surface area contributed by atoms with Gasteiger partial charge in [0.05, 0.1) is 13.7 Å². The predicted octanol–water partition coefficient (Wildman–Crippen LogP) is 2.70. The molecule has 2 rings (SSSR count). The molecule has 2 aromatic rings. The Bertz CT molecular complexity index is 520. The van der Waals surface area contributed by atoms with E-state index in [4.69, 9.17) is 14.3 Å². The average molecular weight is 247 g/mol. The van der Waals surface area contributed by atoms with Crippen molar-refractivity contribution in [3.05, 3.63) is 47.4 Å². The number of anilines is 1. The summed E-state index contributed by atoms with van der Waals surface area (Å²) in [5.41, 5.74) is 2.09. The molecule has 0 aliphatic rings. The summed E-state index contributed by atoms with van der Waals surface area (Å²) < 4.78 is 10.6. The lowest BCUT2D eigenvalue weighted by Gasteiger charge is -2.08. The van der Waals surface area contributed by atoms with Crippen molar-refractivity contribution in [2.24, 2.45) is 0 Å². The molecule has 0 saturated carbocycles. The third-order valence-corrected chi connectivity index (χ3v) is 2.73. The number of aliphatic hydroxyl groups is 1. The van der Waals surface area contributed by atoms with Gasteiger partial charge in [0.25, 0.3) is 0 Å². The Morgan fingerprint density at radius 3 is 2.61 bits per heavy atom. The summed E-state index contributed by atoms with van der Waals surface area (Å²) in [6.07, 6.45) is 0. The van der Waals surface area contributed by atoms with Crippen LogP contribution >= 0.6 is 0 Å². The molecule has 0 aliphatic heterocycles. The van der Waals surface area contributed by atoms with E-state index in [2.05, 4.69) is 5.32 Å². The fraction of sp³-hybridized carbons (Fsp3) is 0.286. The maximum Gasteiger partial charge on any atom is 0.129 e. The summed E-state index contributed by atoms with van der Waals surface area (Å²) in [7, 11) is 1.66. The first-order valence-electron chi connectivity index (χ1n) is 5.80. The molecule has 0 saturated heterocycles. The largest absolute Gasteiger partial charge is 0.496 e. The lowest BCUT2D eigenvalue weighted by molar-refractivity contribution is 0.244. The van der Waals surface area contributed by atoms with Gasteiger partial charge in [-0.1, -0.05) is 0 Å². The molecule has 0 bridgehead atoms. The van der Waals surface area contributed by atoms with Crippen molar-refractivity contribution in [1.29, 1.82) is 0 Å². The molecule has 1 heterocycles. The van der Waals surface area contributed by atoms with Crippen LogP contribution in [0.4, 0.5) is 5.69 Å². The molecule has 0 amide bonds. The van der Waals surface area contributed by atoms with Gasteiger partial charge in [-0.05, 0) is 42.8 Å². The Labute approximate surface area is 106 Å². The predicted molar refractivity (Wildman–Crippen MR) is 69.7 cm³/mol. The maximum absolute atomic E-state index is 8.90. The van der Waals surface area contributed by atoms with E-state index in [9.17, 15) is 0 Å². The molecule has 1 aromatic heterocycles. The van der Waals surface area contributed by atoms with Gasteiger partial charge >= 0.3 is 0 Å². The fourth-order valence-electron chi connectivity index (χ4n) is 1.78. The highest BCUT2D eigenvalue weighted by Gasteiger charge is 2.02. The zero-order chi connectivity index (χ0) is 13.0. The van der Waals surface area contributed by atoms with Gasteiger partial charge in [0, 0.05) is 5.69 Å². The zero-order valence-corrected chi connectivity index (χ0v) is 10.6. The van der Waals surface area contributed by atoms with Crippen LogP contribution in [0, 0.1) is 6.92 Å². The summed E-state index contributed by atoms with van der Waals surface area (Å²) in [5, 5.41) is 12.2. The first-order chi connectivity index (χ1) is 8.72. The average Bonchev–Trinajstić information content (AvgIpc) is 2.84. The van der Waals surface area contributed by atoms with E-state index < -0.39 is 0 Å². The van der Waals surface area contributed by atoms with Crippen LogP contribution in [0.3, 0.4) is 0 Å². The van der Waals surface area contributed by atoms with Gasteiger partial charge in [-0.3, -0.25) is 0 Å². The molecule has 2 N–H and O–H groups in total. The Hall–Kier alpha value is -1.94. The lowest BCUT2D eigenvalue weighted by atomic mass is 10.2. The molecule has 0 fully saturated rings. The summed E-state index contributed by atoms with van der Waals surface area (Å²) >= 11 is 0. The second-order valence-electron chi connectivity index (χ2n) is 4.06. The second kappa shape index (κ2) is 5.60. The lowest BCUT2D eigenvalue weighted by Crippen LogP contribution is -1.99. The summed E-state index contributed by atoms with van der Waals surface area (Å²) in [6.45, 7) is 2.52. The van der Waals surface area contributed by atoms with Crippen LogP contribution in [0.25, 0.3) is 0 Å². The third kappa shape index (κ3) is 2.84. The quantitative estimate of drug-likeness (QED) is 0.853. The van der Waals surface area contributed by atoms with E-state index in [1.807, 2.05) is 31.2 Å². The summed E-state index contributed by atoms with van der Waals surface area (Å²) in [5.74, 6) is 2.26. The van der Waals surface area contributed by atoms with Crippen LogP contribution < -0.4 is 10.1 Å². The molecule has 4 nitrogen and oxygen atoms in total. The van der Waals surface area contributed by atoms with Crippen molar-refractivity contribution in [3.63, 3.8) is 0 Å². The highest BCUT2D eigenvalue weighted by Crippen LogP contribution is 2.22. The van der Waals surface area contributed by atoms with Gasteiger partial charge in [0.2, 0.25) is 0 Å². The van der Waals surface area contributed by atoms with Crippen molar-refractivity contribution < 1.29 is 14.3 Å². The molecule has 0 atom stereocenters. The van der Waals surface area contributed by atoms with Gasteiger partial charge < -0.3 is 19.6 Å². The minimum atomic E-state index is -0.0678. The molecule has 96 valence electrons. The summed E-state index contributed by atoms with van der Waals surface area (Å²) in [6, 6.07) is 9.54. The van der Waals surface area contributed by atoms with E-state index >= 15 is 0 Å². The minimum absolute atomic E-state index is 0.0678. The number of aliphatic hydroxyl groups excluding tert-OH is 1. The molecular formula is C14H17NO3. The van der Waals surface area contributed by atoms with Crippen LogP contribution in [-0.4, -0.2) is 12.2 Å². The van der Waals surface area contributed by atoms with Gasteiger partial charge in [-0.2, -0.15) is 0 Å². The number of ether oxygens (including phenoxy) is 1. The molecule has 0 unspecified atom stereocenters. The standard InChI is InChI=1S/C14H17NO3/c1-10-7-11(3-6-14(10)17-2)15-8-12-4-5-13(9-16)18-12/h3-7,15-16H,8-9H2,1-2H3. The fourth-order valence-corrected chi connectivity index (χ4v) is 1.78. The number of aryl methyl sites for hydroxylation is 1. The van der Waals surface area contributed by atoms with Crippen LogP contribution in [0.15, 0.2) is 34.7 Å². The molecule has 1 aromatic carbocycles. The first kappa shape index (κ1) is 12.5. The van der Waals surface area contributed by atoms with E-state index in [1.54, 1.807) is 13.2 Å². The second-order valence-corrected chi connectivity index (χ2v) is 4.06. The third-order valence-electron chi connectivity index (χ3n) is 2.73. The van der Waals surface area contributed by atoms with Crippen LogP contribution in [0.5, 0.6) is 5.75 Å². The topological polar surface area (TPSA) is 54.6 Å². The molecule has 0 radical (unpaired) electrons. The van der Waals surface area contributed by atoms with Crippen molar-refractivity contribution in [2.45, 2.75) is 20.1 Å². The Morgan fingerprint density at radius 1 is 1.22 bits per heavy atom. The number of rotatable bonds is 5. The Balaban J connectivity index is 1.99. The number of methoxy groups -OCH3 is 1. The van der Waals surface area contributed by atoms with Crippen molar-refractivity contribution in [3.8, 4) is 5.75 Å².